The van der Waals surface area contributed by atoms with Gasteiger partial charge in [-0.2, -0.15) is 13.8 Å². The molecule has 14 nitrogen and oxygen atoms in total. The zero-order valence-electron chi connectivity index (χ0n) is 19.1. The second-order valence-electron chi connectivity index (χ2n) is 8.71. The van der Waals surface area contributed by atoms with Crippen molar-refractivity contribution in [2.75, 3.05) is 25.1 Å². The van der Waals surface area contributed by atoms with Crippen LogP contribution in [0.2, 0.25) is 0 Å². The van der Waals surface area contributed by atoms with E-state index in [1.807, 2.05) is 20.8 Å². The number of alkyl halides is 2. The maximum atomic E-state index is 14.5. The minimum Gasteiger partial charge on any atom is -0.384 e. The van der Waals surface area contributed by atoms with Crippen LogP contribution in [-0.2, 0) is 23.4 Å². The number of phosphoric acid groups is 1. The number of aromatic nitrogens is 2. The van der Waals surface area contributed by atoms with Crippen molar-refractivity contribution < 1.29 is 52.1 Å². The molecule has 0 aromatic carbocycles. The highest BCUT2D eigenvalue weighted by atomic mass is 31.2. The lowest BCUT2D eigenvalue weighted by molar-refractivity contribution is -0.141. The quantitative estimate of drug-likeness (QED) is 0.155. The zero-order chi connectivity index (χ0) is 26.6. The molecule has 1 aliphatic rings. The fourth-order valence-corrected chi connectivity index (χ4v) is 3.28. The summed E-state index contributed by atoms with van der Waals surface area (Å²) >= 11 is 0. The van der Waals surface area contributed by atoms with Crippen molar-refractivity contribution in [2.45, 2.75) is 63.4 Å². The van der Waals surface area contributed by atoms with Gasteiger partial charge in [0.1, 0.15) is 18.5 Å². The average molecular weight is 530 g/mol. The van der Waals surface area contributed by atoms with Crippen LogP contribution in [0, 0.1) is 0 Å². The summed E-state index contributed by atoms with van der Waals surface area (Å²) in [7, 11) is -5.02. The molecule has 1 fully saturated rings. The van der Waals surface area contributed by atoms with Crippen LogP contribution in [-0.4, -0.2) is 85.2 Å². The first-order valence-corrected chi connectivity index (χ1v) is 11.9. The molecule has 1 aromatic rings. The van der Waals surface area contributed by atoms with Gasteiger partial charge < -0.3 is 40.1 Å². The number of hydrogen-bond acceptors (Lipinski definition) is 10. The summed E-state index contributed by atoms with van der Waals surface area (Å²) in [5.41, 5.74) is -1.43. The van der Waals surface area contributed by atoms with Crippen molar-refractivity contribution >= 4 is 19.5 Å². The molecule has 0 saturated carbocycles. The van der Waals surface area contributed by atoms with Crippen molar-refractivity contribution in [3.8, 4) is 0 Å². The number of hydrogen-bond donors (Lipinski definition) is 6. The summed E-state index contributed by atoms with van der Waals surface area (Å²) in [5, 5.41) is 24.9. The van der Waals surface area contributed by atoms with E-state index in [4.69, 9.17) is 19.3 Å². The summed E-state index contributed by atoms with van der Waals surface area (Å²) in [5.74, 6) is -5.11. The minimum absolute atomic E-state index is 0.161. The number of aliphatic hydroxyl groups excluding tert-OH is 2. The largest absolute Gasteiger partial charge is 0.469 e. The topological polar surface area (TPSA) is 202 Å². The smallest absolute Gasteiger partial charge is 0.384 e. The molecule has 2 rings (SSSR count). The molecule has 0 radical (unpaired) electrons. The molecule has 0 bridgehead atoms. The second-order valence-corrected chi connectivity index (χ2v) is 9.95. The Morgan fingerprint density at radius 2 is 2.06 bits per heavy atom. The number of rotatable bonds is 11. The molecule has 1 saturated heterocycles. The van der Waals surface area contributed by atoms with Crippen LogP contribution in [0.1, 0.15) is 33.4 Å². The maximum absolute atomic E-state index is 14.5. The first-order chi connectivity index (χ1) is 16.0. The van der Waals surface area contributed by atoms with Crippen molar-refractivity contribution in [2.24, 2.45) is 0 Å². The fraction of sp³-hybridized carbons (Fsp3) is 0.722. The van der Waals surface area contributed by atoms with Crippen molar-refractivity contribution in [1.29, 1.82) is 0 Å². The Kier molecular flexibility index (Phi) is 9.60. The Hall–Kier alpha value is -1.88. The predicted molar refractivity (Wildman–Crippen MR) is 114 cm³/mol. The van der Waals surface area contributed by atoms with E-state index in [-0.39, 0.29) is 17.8 Å². The first-order valence-electron chi connectivity index (χ1n) is 10.3. The molecule has 1 aromatic heterocycles. The molecule has 17 heteroatoms. The highest BCUT2D eigenvalue weighted by Crippen LogP contribution is 2.44. The lowest BCUT2D eigenvalue weighted by Crippen LogP contribution is -2.42. The Morgan fingerprint density at radius 3 is 2.63 bits per heavy atom. The van der Waals surface area contributed by atoms with E-state index in [2.05, 4.69) is 20.1 Å². The highest BCUT2D eigenvalue weighted by Gasteiger charge is 2.60. The van der Waals surface area contributed by atoms with Gasteiger partial charge in [-0.1, -0.05) is 0 Å². The van der Waals surface area contributed by atoms with Gasteiger partial charge in [0.25, 0.3) is 5.91 Å². The summed E-state index contributed by atoms with van der Waals surface area (Å²) in [6.07, 6.45) is -6.93. The molecule has 2 heterocycles. The van der Waals surface area contributed by atoms with Crippen LogP contribution in [0.5, 0.6) is 0 Å². The van der Waals surface area contributed by atoms with E-state index in [1.165, 1.54) is 0 Å². The second kappa shape index (κ2) is 11.5. The van der Waals surface area contributed by atoms with E-state index in [1.54, 1.807) is 0 Å². The number of carbonyl (C=O) groups excluding carboxylic acids is 1. The molecule has 0 spiro atoms. The number of phosphoric ester groups is 1. The van der Waals surface area contributed by atoms with Gasteiger partial charge in [-0.25, -0.2) is 9.36 Å². The van der Waals surface area contributed by atoms with E-state index >= 15 is 0 Å². The zero-order valence-corrected chi connectivity index (χ0v) is 20.0. The molecule has 200 valence electrons. The van der Waals surface area contributed by atoms with Gasteiger partial charge in [-0.15, -0.1) is 0 Å². The van der Waals surface area contributed by atoms with Gasteiger partial charge in [-0.3, -0.25) is 13.9 Å². The first kappa shape index (κ1) is 29.4. The lowest BCUT2D eigenvalue weighted by atomic mass is 10.1. The minimum atomic E-state index is -5.02. The maximum Gasteiger partial charge on any atom is 0.469 e. The van der Waals surface area contributed by atoms with E-state index in [0.29, 0.717) is 11.1 Å². The number of nitrogens with one attached hydrogen (secondary N) is 2. The van der Waals surface area contributed by atoms with Crippen LogP contribution in [0.25, 0.3) is 0 Å². The van der Waals surface area contributed by atoms with Crippen molar-refractivity contribution in [3.05, 3.63) is 22.7 Å². The van der Waals surface area contributed by atoms with Gasteiger partial charge in [-0.05, 0) is 26.8 Å². The van der Waals surface area contributed by atoms with Gasteiger partial charge in [0.15, 0.2) is 12.4 Å². The summed E-state index contributed by atoms with van der Waals surface area (Å²) in [4.78, 5) is 45.1. The van der Waals surface area contributed by atoms with Gasteiger partial charge >= 0.3 is 19.4 Å². The highest BCUT2D eigenvalue weighted by molar-refractivity contribution is 7.46. The average Bonchev–Trinajstić information content (AvgIpc) is 2.93. The van der Waals surface area contributed by atoms with E-state index < -0.39 is 63.3 Å². The summed E-state index contributed by atoms with van der Waals surface area (Å²) < 4.78 is 54.0. The molecule has 1 unspecified atom stereocenters. The molecular weight excluding hydrogens is 501 g/mol. The SMILES string of the molecule is CC(C)(C)NCCC(O)OCC(=O)Nc1ccn([C@@H]2O[C@H](COP(=O)(O)O)[C@@H](O)C2(F)F)c(=O)n1. The third-order valence-corrected chi connectivity index (χ3v) is 5.08. The van der Waals surface area contributed by atoms with Crippen LogP contribution >= 0.6 is 7.82 Å². The molecule has 0 aliphatic carbocycles. The summed E-state index contributed by atoms with van der Waals surface area (Å²) in [6, 6.07) is 1.01. The number of ether oxygens (including phenoxy) is 2. The Bertz CT molecular complexity index is 983. The third-order valence-electron chi connectivity index (χ3n) is 4.59. The van der Waals surface area contributed by atoms with Gasteiger partial charge in [0.05, 0.1) is 6.61 Å². The standard InChI is InChI=1S/C18H29F2N4O10P/c1-17(2,3)21-6-4-13(26)32-9-12(25)22-11-5-7-24(16(28)23-11)15-18(19,20)14(27)10(34-15)8-33-35(29,30)31/h5,7,10,13-15,21,26-27H,4,6,8-9H2,1-3H3,(H2,29,30,31)(H,22,23,25,28)/t10-,13?,14-,15-/m1/s1. The Labute approximate surface area is 198 Å². The number of nitrogens with zero attached hydrogens (tertiary/aromatic N) is 2. The molecule has 1 amide bonds. The number of amides is 1. The van der Waals surface area contributed by atoms with E-state index in [9.17, 15) is 33.1 Å². The van der Waals surface area contributed by atoms with Gasteiger partial charge in [0, 0.05) is 24.7 Å². The number of anilines is 1. The van der Waals surface area contributed by atoms with E-state index in [0.717, 1.165) is 12.3 Å². The van der Waals surface area contributed by atoms with Crippen LogP contribution in [0.15, 0.2) is 17.1 Å². The van der Waals surface area contributed by atoms with Crippen LogP contribution in [0.4, 0.5) is 14.6 Å². The molecule has 1 aliphatic heterocycles. The lowest BCUT2D eigenvalue weighted by Gasteiger charge is -2.21. The monoisotopic (exact) mass is 530 g/mol. The predicted octanol–water partition coefficient (Wildman–Crippen LogP) is -0.702. The molecule has 6 N–H and O–H groups in total. The van der Waals surface area contributed by atoms with Crippen molar-refractivity contribution in [1.82, 2.24) is 14.9 Å². The molecule has 4 atom stereocenters. The van der Waals surface area contributed by atoms with Crippen LogP contribution in [0.3, 0.4) is 0 Å². The molecular formula is C18H29F2N4O10P. The number of aliphatic hydroxyl groups is 2. The Balaban J connectivity index is 1.95. The fourth-order valence-electron chi connectivity index (χ4n) is 2.94. The third kappa shape index (κ3) is 8.93. The van der Waals surface area contributed by atoms with Crippen molar-refractivity contribution in [3.63, 3.8) is 0 Å². The Morgan fingerprint density at radius 1 is 1.40 bits per heavy atom. The summed E-state index contributed by atoms with van der Waals surface area (Å²) in [6.45, 7) is 4.62. The van der Waals surface area contributed by atoms with Gasteiger partial charge in [0.2, 0.25) is 6.23 Å². The number of halogens is 2. The molecule has 35 heavy (non-hydrogen) atoms. The van der Waals surface area contributed by atoms with Crippen LogP contribution < -0.4 is 16.3 Å². The normalized spacial score (nSPS) is 23.3. The number of carbonyl (C=O) groups is 1.